The van der Waals surface area contributed by atoms with Gasteiger partial charge in [0.1, 0.15) is 17.0 Å². The Morgan fingerprint density at radius 1 is 1.26 bits per heavy atom. The number of urea groups is 1. The first-order valence-corrected chi connectivity index (χ1v) is 8.37. The van der Waals surface area contributed by atoms with Crippen molar-refractivity contribution in [3.8, 4) is 0 Å². The second-order valence-electron chi connectivity index (χ2n) is 5.03. The molecule has 3 nitrogen and oxygen atoms in total. The lowest BCUT2D eigenvalue weighted by Crippen LogP contribution is -2.34. The summed E-state index contributed by atoms with van der Waals surface area (Å²) in [7, 11) is 0. The average Bonchev–Trinajstić information content (AvgIpc) is 3.00. The fourth-order valence-electron chi connectivity index (χ4n) is 2.39. The number of thioether (sulfide) groups is 1. The van der Waals surface area contributed by atoms with Crippen molar-refractivity contribution < 1.29 is 13.6 Å². The number of nitrogens with zero attached hydrogens (tertiary/aromatic N) is 1. The van der Waals surface area contributed by atoms with Crippen LogP contribution in [0.25, 0.3) is 0 Å². The SMILES string of the molecule is O=C(Nc1cc(F)ccc1F)N1CCSC1c1cccc(Cl)c1. The van der Waals surface area contributed by atoms with Crippen molar-refractivity contribution >= 4 is 35.1 Å². The van der Waals surface area contributed by atoms with Gasteiger partial charge in [-0.1, -0.05) is 23.7 Å². The van der Waals surface area contributed by atoms with E-state index in [4.69, 9.17) is 11.6 Å². The van der Waals surface area contributed by atoms with Gasteiger partial charge >= 0.3 is 6.03 Å². The fraction of sp³-hybridized carbons (Fsp3) is 0.188. The molecule has 1 N–H and O–H groups in total. The number of halogens is 3. The Balaban J connectivity index is 1.79. The molecule has 0 spiro atoms. The third kappa shape index (κ3) is 3.59. The number of hydrogen-bond donors (Lipinski definition) is 1. The maximum atomic E-state index is 13.7. The van der Waals surface area contributed by atoms with Gasteiger partial charge in [-0.2, -0.15) is 0 Å². The molecule has 2 amide bonds. The highest BCUT2D eigenvalue weighted by Gasteiger charge is 2.31. The summed E-state index contributed by atoms with van der Waals surface area (Å²) in [6, 6.07) is 9.75. The van der Waals surface area contributed by atoms with Crippen LogP contribution in [0.15, 0.2) is 42.5 Å². The number of benzene rings is 2. The van der Waals surface area contributed by atoms with E-state index in [1.54, 1.807) is 28.8 Å². The Bertz CT molecular complexity index is 744. The number of nitrogens with one attached hydrogen (secondary N) is 1. The molecule has 3 rings (SSSR count). The van der Waals surface area contributed by atoms with Gasteiger partial charge in [-0.05, 0) is 29.8 Å². The summed E-state index contributed by atoms with van der Waals surface area (Å²) in [5.41, 5.74) is 0.728. The monoisotopic (exact) mass is 354 g/mol. The summed E-state index contributed by atoms with van der Waals surface area (Å²) in [4.78, 5) is 14.0. The predicted octanol–water partition coefficient (Wildman–Crippen LogP) is 4.90. The van der Waals surface area contributed by atoms with Crippen LogP contribution in [0.2, 0.25) is 5.02 Å². The highest BCUT2D eigenvalue weighted by Crippen LogP contribution is 2.38. The van der Waals surface area contributed by atoms with Gasteiger partial charge in [0, 0.05) is 23.4 Å². The van der Waals surface area contributed by atoms with E-state index in [1.807, 2.05) is 12.1 Å². The van der Waals surface area contributed by atoms with Crippen molar-refractivity contribution in [1.82, 2.24) is 4.90 Å². The Morgan fingerprint density at radius 3 is 2.87 bits per heavy atom. The lowest BCUT2D eigenvalue weighted by atomic mass is 10.2. The van der Waals surface area contributed by atoms with Crippen molar-refractivity contribution in [1.29, 1.82) is 0 Å². The number of rotatable bonds is 2. The molecule has 0 aromatic heterocycles. The molecule has 1 aliphatic rings. The summed E-state index contributed by atoms with van der Waals surface area (Å²) in [5.74, 6) is -0.522. The Morgan fingerprint density at radius 2 is 2.09 bits per heavy atom. The summed E-state index contributed by atoms with van der Waals surface area (Å²) >= 11 is 7.60. The standard InChI is InChI=1S/C16H13ClF2N2OS/c17-11-3-1-2-10(8-11)15-21(6-7-23-15)16(22)20-14-9-12(18)4-5-13(14)19/h1-5,8-9,15H,6-7H2,(H,20,22). The number of carbonyl (C=O) groups excluding carboxylic acids is 1. The van der Waals surface area contributed by atoms with E-state index in [0.29, 0.717) is 11.6 Å². The van der Waals surface area contributed by atoms with Crippen LogP contribution >= 0.6 is 23.4 Å². The topological polar surface area (TPSA) is 32.3 Å². The van der Waals surface area contributed by atoms with Crippen LogP contribution < -0.4 is 5.32 Å². The number of carbonyl (C=O) groups is 1. The maximum Gasteiger partial charge on any atom is 0.323 e. The van der Waals surface area contributed by atoms with Crippen LogP contribution in [-0.2, 0) is 0 Å². The van der Waals surface area contributed by atoms with Crippen molar-refractivity contribution in [2.24, 2.45) is 0 Å². The van der Waals surface area contributed by atoms with Crippen LogP contribution in [0, 0.1) is 11.6 Å². The minimum absolute atomic E-state index is 0.170. The number of anilines is 1. The van der Waals surface area contributed by atoms with E-state index in [9.17, 15) is 13.6 Å². The predicted molar refractivity (Wildman–Crippen MR) is 88.7 cm³/mol. The molecule has 0 saturated carbocycles. The van der Waals surface area contributed by atoms with Gasteiger partial charge in [-0.15, -0.1) is 11.8 Å². The second kappa shape index (κ2) is 6.76. The van der Waals surface area contributed by atoms with E-state index in [-0.39, 0.29) is 11.1 Å². The van der Waals surface area contributed by atoms with E-state index >= 15 is 0 Å². The summed E-state index contributed by atoms with van der Waals surface area (Å²) < 4.78 is 26.9. The molecular formula is C16H13ClF2N2OS. The third-order valence-corrected chi connectivity index (χ3v) is 4.95. The molecule has 23 heavy (non-hydrogen) atoms. The zero-order valence-electron chi connectivity index (χ0n) is 11.9. The quantitative estimate of drug-likeness (QED) is 0.832. The Kier molecular flexibility index (Phi) is 4.73. The maximum absolute atomic E-state index is 13.7. The van der Waals surface area contributed by atoms with Crippen LogP contribution in [0.5, 0.6) is 0 Å². The molecule has 1 heterocycles. The van der Waals surface area contributed by atoms with Gasteiger partial charge in [-0.3, -0.25) is 0 Å². The molecule has 1 fully saturated rings. The van der Waals surface area contributed by atoms with Gasteiger partial charge in [0.15, 0.2) is 0 Å². The van der Waals surface area contributed by atoms with Gasteiger partial charge in [0.2, 0.25) is 0 Å². The Labute approximate surface area is 141 Å². The van der Waals surface area contributed by atoms with Gasteiger partial charge < -0.3 is 10.2 Å². The van der Waals surface area contributed by atoms with Gasteiger partial charge in [-0.25, -0.2) is 13.6 Å². The lowest BCUT2D eigenvalue weighted by molar-refractivity contribution is 0.214. The highest BCUT2D eigenvalue weighted by atomic mass is 35.5. The smallest absolute Gasteiger partial charge is 0.308 e. The summed E-state index contributed by atoms with van der Waals surface area (Å²) in [6.07, 6.45) is 0. The van der Waals surface area contributed by atoms with Gasteiger partial charge in [0.25, 0.3) is 0 Å². The molecule has 2 aromatic carbocycles. The van der Waals surface area contributed by atoms with E-state index in [2.05, 4.69) is 5.32 Å². The first-order valence-electron chi connectivity index (χ1n) is 6.94. The molecule has 1 saturated heterocycles. The summed E-state index contributed by atoms with van der Waals surface area (Å²) in [6.45, 7) is 0.518. The molecular weight excluding hydrogens is 342 g/mol. The molecule has 1 aliphatic heterocycles. The van der Waals surface area contributed by atoms with Crippen molar-refractivity contribution in [2.45, 2.75) is 5.37 Å². The minimum Gasteiger partial charge on any atom is -0.308 e. The zero-order chi connectivity index (χ0) is 16.4. The van der Waals surface area contributed by atoms with Crippen molar-refractivity contribution in [2.75, 3.05) is 17.6 Å². The van der Waals surface area contributed by atoms with E-state index < -0.39 is 17.7 Å². The second-order valence-corrected chi connectivity index (χ2v) is 6.65. The molecule has 7 heteroatoms. The number of amides is 2. The van der Waals surface area contributed by atoms with Crippen molar-refractivity contribution in [3.63, 3.8) is 0 Å². The molecule has 0 radical (unpaired) electrons. The lowest BCUT2D eigenvalue weighted by Gasteiger charge is -2.24. The van der Waals surface area contributed by atoms with E-state index in [0.717, 1.165) is 29.5 Å². The van der Waals surface area contributed by atoms with Crippen LogP contribution in [0.4, 0.5) is 19.3 Å². The molecule has 2 aromatic rings. The van der Waals surface area contributed by atoms with Crippen molar-refractivity contribution in [3.05, 3.63) is 64.7 Å². The fourth-order valence-corrected chi connectivity index (χ4v) is 3.84. The number of hydrogen-bond acceptors (Lipinski definition) is 2. The molecule has 120 valence electrons. The normalized spacial score (nSPS) is 17.3. The first kappa shape index (κ1) is 16.1. The average molecular weight is 355 g/mol. The molecule has 1 atom stereocenters. The van der Waals surface area contributed by atoms with Crippen LogP contribution in [0.3, 0.4) is 0 Å². The largest absolute Gasteiger partial charge is 0.323 e. The van der Waals surface area contributed by atoms with E-state index in [1.165, 1.54) is 0 Å². The third-order valence-electron chi connectivity index (χ3n) is 3.46. The molecule has 0 bridgehead atoms. The van der Waals surface area contributed by atoms with Crippen LogP contribution in [-0.4, -0.2) is 23.2 Å². The Hall–Kier alpha value is -1.79. The highest BCUT2D eigenvalue weighted by molar-refractivity contribution is 7.99. The zero-order valence-corrected chi connectivity index (χ0v) is 13.5. The first-order chi connectivity index (χ1) is 11.0. The molecule has 0 aliphatic carbocycles. The molecule has 1 unspecified atom stereocenters. The summed E-state index contributed by atoms with van der Waals surface area (Å²) in [5, 5.41) is 2.82. The van der Waals surface area contributed by atoms with Crippen LogP contribution in [0.1, 0.15) is 10.9 Å². The van der Waals surface area contributed by atoms with Gasteiger partial charge in [0.05, 0.1) is 5.69 Å². The minimum atomic E-state index is -0.675.